The molecule has 3 heterocycles. The van der Waals surface area contributed by atoms with Gasteiger partial charge in [-0.25, -0.2) is 4.79 Å². The maximum Gasteiger partial charge on any atom is 0.334 e. The number of anilines is 1. The molecule has 10 rings (SSSR count). The van der Waals surface area contributed by atoms with Crippen LogP contribution in [0.4, 0.5) is 5.69 Å². The van der Waals surface area contributed by atoms with Gasteiger partial charge in [0.05, 0.1) is 31.2 Å². The molecule has 2 saturated carbocycles. The summed E-state index contributed by atoms with van der Waals surface area (Å²) >= 11 is 0. The number of nitrogens with one attached hydrogen (secondary N) is 1. The number of hydrogen-bond acceptors (Lipinski definition) is 11. The second-order valence-corrected chi connectivity index (χ2v) is 20.4. The van der Waals surface area contributed by atoms with Crippen molar-refractivity contribution in [1.82, 2.24) is 0 Å². The fraction of sp³-hybridized carbons (Fsp3) is 0.456. The van der Waals surface area contributed by atoms with Crippen LogP contribution in [0.1, 0.15) is 115 Å². The maximum atomic E-state index is 15.5. The van der Waals surface area contributed by atoms with E-state index in [0.717, 1.165) is 17.5 Å². The Kier molecular flexibility index (Phi) is 12.8. The van der Waals surface area contributed by atoms with Crippen molar-refractivity contribution in [2.75, 3.05) is 11.9 Å². The summed E-state index contributed by atoms with van der Waals surface area (Å²) in [7, 11) is 0. The number of Topliss-reactive ketones (excluding diaryl/α,β-unsaturated/α-hetero) is 1. The smallest absolute Gasteiger partial charge is 0.334 e. The van der Waals surface area contributed by atoms with E-state index in [1.165, 1.54) is 6.08 Å². The third-order valence-corrected chi connectivity index (χ3v) is 15.9. The Labute approximate surface area is 397 Å². The molecule has 6 N–H and O–H groups in total. The third kappa shape index (κ3) is 8.88. The van der Waals surface area contributed by atoms with Crippen LogP contribution in [-0.2, 0) is 45.0 Å². The number of carbonyl (C=O) groups is 3. The number of phenols is 1. The van der Waals surface area contributed by atoms with Crippen molar-refractivity contribution in [1.29, 1.82) is 0 Å². The molecule has 68 heavy (non-hydrogen) atoms. The van der Waals surface area contributed by atoms with Gasteiger partial charge in [-0.3, -0.25) is 9.59 Å². The molecule has 4 aliphatic carbocycles. The van der Waals surface area contributed by atoms with Gasteiger partial charge in [0.25, 0.3) is 0 Å². The van der Waals surface area contributed by atoms with Crippen LogP contribution in [0, 0.1) is 41.4 Å². The quantitative estimate of drug-likeness (QED) is 0.0631. The van der Waals surface area contributed by atoms with Crippen molar-refractivity contribution in [3.63, 3.8) is 0 Å². The molecule has 12 atom stereocenters. The molecule has 7 aliphatic rings. The molecule has 2 fully saturated rings. The van der Waals surface area contributed by atoms with E-state index in [9.17, 15) is 35.1 Å². The Morgan fingerprint density at radius 1 is 0.912 bits per heavy atom. The summed E-state index contributed by atoms with van der Waals surface area (Å²) < 4.78 is 13.0. The predicted octanol–water partition coefficient (Wildman–Crippen LogP) is 7.33. The van der Waals surface area contributed by atoms with Gasteiger partial charge in [0.1, 0.15) is 29.0 Å². The molecule has 12 unspecified atom stereocenters. The fourth-order valence-corrected chi connectivity index (χ4v) is 12.8. The van der Waals surface area contributed by atoms with Crippen molar-refractivity contribution in [2.24, 2.45) is 29.6 Å². The van der Waals surface area contributed by atoms with Crippen molar-refractivity contribution in [2.45, 2.75) is 126 Å². The van der Waals surface area contributed by atoms with Crippen LogP contribution in [0.15, 0.2) is 96.6 Å². The first-order valence-corrected chi connectivity index (χ1v) is 24.6. The molecule has 11 nitrogen and oxygen atoms in total. The highest BCUT2D eigenvalue weighted by Gasteiger charge is 2.62. The molecule has 10 bridgehead atoms. The molecular formula is C57H61NO10. The molecule has 354 valence electrons. The van der Waals surface area contributed by atoms with Gasteiger partial charge >= 0.3 is 11.9 Å². The Hall–Kier alpha value is -5.77. The van der Waals surface area contributed by atoms with Crippen LogP contribution in [0.25, 0.3) is 0 Å². The van der Waals surface area contributed by atoms with Gasteiger partial charge in [0.2, 0.25) is 0 Å². The van der Waals surface area contributed by atoms with Crippen molar-refractivity contribution >= 4 is 23.4 Å². The maximum absolute atomic E-state index is 15.5. The highest BCUT2D eigenvalue weighted by atomic mass is 16.6. The highest BCUT2D eigenvalue weighted by molar-refractivity contribution is 5.89. The van der Waals surface area contributed by atoms with E-state index in [2.05, 4.69) is 29.3 Å². The van der Waals surface area contributed by atoms with Crippen LogP contribution in [0.5, 0.6) is 11.5 Å². The van der Waals surface area contributed by atoms with E-state index in [-0.39, 0.29) is 97.7 Å². The molecule has 0 aromatic heterocycles. The van der Waals surface area contributed by atoms with Gasteiger partial charge in [-0.15, -0.1) is 0 Å². The Morgan fingerprint density at radius 3 is 2.53 bits per heavy atom. The monoisotopic (exact) mass is 919 g/mol. The number of aliphatic hydroxyl groups excluding tert-OH is 3. The summed E-state index contributed by atoms with van der Waals surface area (Å²) in [5.74, 6) is 2.63. The molecule has 3 aliphatic heterocycles. The first-order valence-electron chi connectivity index (χ1n) is 24.6. The summed E-state index contributed by atoms with van der Waals surface area (Å²) in [5.41, 5.74) is 3.57. The summed E-state index contributed by atoms with van der Waals surface area (Å²) in [6.45, 7) is 1.60. The number of aliphatic hydroxyl groups is 4. The van der Waals surface area contributed by atoms with Gasteiger partial charge in [0, 0.05) is 65.9 Å². The SMILES string of the molecule is CC(O)CNc1cc(CO)cc(C2C#CC3CC(=O)Oc4c3cc(c(O)c4C3C=CC=CC3)CC3OC(=O)C(=CC(O)Cc4cccc(c4)CC4C(=O)CCC5C4CC4C=CCCC4C35O)C2)c1. The number of benzene rings is 3. The number of hydrogen-bond donors (Lipinski definition) is 6. The lowest BCUT2D eigenvalue weighted by atomic mass is 9.49. The first kappa shape index (κ1) is 46.0. The van der Waals surface area contributed by atoms with Crippen LogP contribution < -0.4 is 10.1 Å². The molecule has 3 aromatic rings. The largest absolute Gasteiger partial charge is 0.507 e. The van der Waals surface area contributed by atoms with Crippen LogP contribution in [0.2, 0.25) is 0 Å². The summed E-state index contributed by atoms with van der Waals surface area (Å²) in [5, 5.41) is 62.6. The number of rotatable bonds is 6. The number of carbonyl (C=O) groups excluding carboxylic acids is 3. The average Bonchev–Trinajstić information content (AvgIpc) is 3.33. The van der Waals surface area contributed by atoms with E-state index < -0.39 is 53.6 Å². The zero-order chi connectivity index (χ0) is 47.3. The molecular weight excluding hydrogens is 859 g/mol. The number of fused-ring (bicyclic) bond motifs is 9. The van der Waals surface area contributed by atoms with Gasteiger partial charge in [0.15, 0.2) is 0 Å². The molecule has 0 spiro atoms. The van der Waals surface area contributed by atoms with E-state index in [0.29, 0.717) is 65.6 Å². The van der Waals surface area contributed by atoms with Crippen molar-refractivity contribution in [3.05, 3.63) is 136 Å². The molecule has 3 aromatic carbocycles. The summed E-state index contributed by atoms with van der Waals surface area (Å²) in [6, 6.07) is 15.2. The fourth-order valence-electron chi connectivity index (χ4n) is 12.8. The Balaban J connectivity index is 1.22. The van der Waals surface area contributed by atoms with E-state index in [1.54, 1.807) is 13.0 Å². The summed E-state index contributed by atoms with van der Waals surface area (Å²) in [6.07, 6.45) is 14.3. The third-order valence-electron chi connectivity index (χ3n) is 15.9. The van der Waals surface area contributed by atoms with Crippen LogP contribution >= 0.6 is 0 Å². The number of ether oxygens (including phenoxy) is 2. The normalized spacial score (nSPS) is 32.2. The molecule has 0 saturated heterocycles. The van der Waals surface area contributed by atoms with Crippen molar-refractivity contribution < 1.29 is 49.4 Å². The zero-order valence-corrected chi connectivity index (χ0v) is 38.5. The minimum Gasteiger partial charge on any atom is -0.507 e. The first-order chi connectivity index (χ1) is 32.9. The number of ketones is 1. The van der Waals surface area contributed by atoms with Crippen molar-refractivity contribution in [3.8, 4) is 23.3 Å². The minimum atomic E-state index is -1.66. The van der Waals surface area contributed by atoms with Crippen LogP contribution in [-0.4, -0.2) is 73.7 Å². The minimum absolute atomic E-state index is 0.0481. The number of phenolic OH excluding ortho intramolecular Hbond substituents is 1. The second kappa shape index (κ2) is 19.0. The Morgan fingerprint density at radius 2 is 1.74 bits per heavy atom. The molecule has 0 amide bonds. The lowest BCUT2D eigenvalue weighted by Gasteiger charge is -2.58. The second-order valence-electron chi connectivity index (χ2n) is 20.4. The van der Waals surface area contributed by atoms with Gasteiger partial charge in [-0.05, 0) is 128 Å². The Bertz CT molecular complexity index is 2680. The van der Waals surface area contributed by atoms with Gasteiger partial charge < -0.3 is 40.3 Å². The zero-order valence-electron chi connectivity index (χ0n) is 38.5. The predicted molar refractivity (Wildman–Crippen MR) is 256 cm³/mol. The van der Waals surface area contributed by atoms with E-state index >= 15 is 4.79 Å². The summed E-state index contributed by atoms with van der Waals surface area (Å²) in [4.78, 5) is 43.4. The lowest BCUT2D eigenvalue weighted by molar-refractivity contribution is -0.221. The van der Waals surface area contributed by atoms with Crippen LogP contribution in [0.3, 0.4) is 0 Å². The topological polar surface area (TPSA) is 183 Å². The number of allylic oxidation sites excluding steroid dienone is 6. The number of esters is 2. The van der Waals surface area contributed by atoms with E-state index in [4.69, 9.17) is 9.47 Å². The highest BCUT2D eigenvalue weighted by Crippen LogP contribution is 2.58. The standard InChI is InChI=1S/C57H61NO10/c1-32(60)30-58-43-20-35(31-59)19-40(24-43)37-14-15-38-29-52(63)68-55-45(38)27-41(54(64)53(55)36-10-3-2-4-11-36)28-51-57(66)48-13-6-5-12-39(48)26-46-47(50(62)17-16-49(46)57)22-34-9-7-8-33(18-34)21-44(61)25-42(23-37)56(65)67-51/h2-5,7-10,12,18-20,24-25,27,32,36-39,44,46-49,51,58-61,64,66H,6,11,13,16-17,21-23,26,28-31H2,1H3. The number of aromatic hydroxyl groups is 1. The lowest BCUT2D eigenvalue weighted by Crippen LogP contribution is -2.65. The van der Waals surface area contributed by atoms with E-state index in [1.807, 2.05) is 66.8 Å². The van der Waals surface area contributed by atoms with Gasteiger partial charge in [-0.2, -0.15) is 0 Å². The average molecular weight is 920 g/mol. The molecule has 11 heteroatoms. The van der Waals surface area contributed by atoms with Gasteiger partial charge in [-0.1, -0.05) is 78.6 Å². The molecule has 0 radical (unpaired) electrons.